The van der Waals surface area contributed by atoms with Gasteiger partial charge in [0.1, 0.15) is 0 Å². The van der Waals surface area contributed by atoms with E-state index in [0.717, 1.165) is 80.9 Å². The van der Waals surface area contributed by atoms with E-state index in [9.17, 15) is 9.59 Å². The van der Waals surface area contributed by atoms with Crippen LogP contribution in [0, 0.1) is 5.92 Å². The van der Waals surface area contributed by atoms with Gasteiger partial charge in [0.2, 0.25) is 5.91 Å². The van der Waals surface area contributed by atoms with Gasteiger partial charge in [0.05, 0.1) is 0 Å². The molecule has 0 radical (unpaired) electrons. The Balaban J connectivity index is 1.19. The number of carbonyl (C=O) groups excluding carboxylic acids is 2. The second-order valence-electron chi connectivity index (χ2n) is 10.8. The van der Waals surface area contributed by atoms with E-state index in [0.29, 0.717) is 10.6 Å². The standard InChI is InChI=1S/C32H37ClN4O2/c1-36-17-19-37(20-18-36)22-23-7-13-27(14-8-23)34-32(39)26-11-9-24(10-12-26)29-21-28(15-16-30(29)33)35-31(38)25-5-3-2-4-6-25/h7-16,21,25H,2-6,17-20,22H2,1H3,(H,34,39)(H,35,38). The Labute approximate surface area is 236 Å². The highest BCUT2D eigenvalue weighted by molar-refractivity contribution is 6.33. The van der Waals surface area contributed by atoms with Crippen molar-refractivity contribution in [3.8, 4) is 11.1 Å². The minimum Gasteiger partial charge on any atom is -0.326 e. The highest BCUT2D eigenvalue weighted by Gasteiger charge is 2.21. The second-order valence-corrected chi connectivity index (χ2v) is 11.2. The van der Waals surface area contributed by atoms with E-state index >= 15 is 0 Å². The molecule has 3 aromatic carbocycles. The van der Waals surface area contributed by atoms with Gasteiger partial charge >= 0.3 is 0 Å². The van der Waals surface area contributed by atoms with Crippen molar-refractivity contribution < 1.29 is 9.59 Å². The SMILES string of the molecule is CN1CCN(Cc2ccc(NC(=O)c3ccc(-c4cc(NC(=O)C5CCCCC5)ccc4Cl)cc3)cc2)CC1. The summed E-state index contributed by atoms with van der Waals surface area (Å²) in [4.78, 5) is 30.4. The van der Waals surface area contributed by atoms with Gasteiger partial charge < -0.3 is 15.5 Å². The number of amides is 2. The first kappa shape index (κ1) is 27.4. The summed E-state index contributed by atoms with van der Waals surface area (Å²) in [6.45, 7) is 5.28. The topological polar surface area (TPSA) is 64.7 Å². The van der Waals surface area contributed by atoms with Crippen molar-refractivity contribution in [3.05, 3.63) is 82.9 Å². The van der Waals surface area contributed by atoms with Crippen LogP contribution in [-0.2, 0) is 11.3 Å². The lowest BCUT2D eigenvalue weighted by Gasteiger charge is -2.32. The molecular weight excluding hydrogens is 508 g/mol. The predicted molar refractivity (Wildman–Crippen MR) is 159 cm³/mol. The van der Waals surface area contributed by atoms with Gasteiger partial charge in [-0.2, -0.15) is 0 Å². The zero-order valence-electron chi connectivity index (χ0n) is 22.6. The number of piperazine rings is 1. The summed E-state index contributed by atoms with van der Waals surface area (Å²) in [6.07, 6.45) is 5.36. The van der Waals surface area contributed by atoms with Crippen LogP contribution < -0.4 is 10.6 Å². The molecule has 0 aromatic heterocycles. The van der Waals surface area contributed by atoms with Crippen LogP contribution in [0.4, 0.5) is 11.4 Å². The molecule has 3 aromatic rings. The minimum atomic E-state index is -0.159. The predicted octanol–water partition coefficient (Wildman–Crippen LogP) is 6.53. The van der Waals surface area contributed by atoms with Crippen LogP contribution in [0.3, 0.4) is 0 Å². The summed E-state index contributed by atoms with van der Waals surface area (Å²) in [5, 5.41) is 6.66. The largest absolute Gasteiger partial charge is 0.326 e. The third-order valence-corrected chi connectivity index (χ3v) is 8.21. The van der Waals surface area contributed by atoms with Crippen LogP contribution in [0.15, 0.2) is 66.7 Å². The zero-order valence-corrected chi connectivity index (χ0v) is 23.3. The molecule has 2 amide bonds. The molecule has 2 N–H and O–H groups in total. The van der Waals surface area contributed by atoms with E-state index in [4.69, 9.17) is 11.6 Å². The number of halogens is 1. The van der Waals surface area contributed by atoms with Gasteiger partial charge in [-0.25, -0.2) is 0 Å². The van der Waals surface area contributed by atoms with Gasteiger partial charge in [0, 0.05) is 66.2 Å². The van der Waals surface area contributed by atoms with E-state index < -0.39 is 0 Å². The maximum Gasteiger partial charge on any atom is 0.255 e. The van der Waals surface area contributed by atoms with Crippen molar-refractivity contribution in [1.82, 2.24) is 9.80 Å². The van der Waals surface area contributed by atoms with Crippen LogP contribution in [0.2, 0.25) is 5.02 Å². The molecule has 5 rings (SSSR count). The molecule has 1 aliphatic heterocycles. The Morgan fingerprint density at radius 2 is 1.49 bits per heavy atom. The molecular formula is C32H37ClN4O2. The molecule has 0 atom stereocenters. The molecule has 39 heavy (non-hydrogen) atoms. The molecule has 0 unspecified atom stereocenters. The molecule has 1 saturated carbocycles. The first-order chi connectivity index (χ1) is 18.9. The average molecular weight is 545 g/mol. The number of likely N-dealkylation sites (N-methyl/N-ethyl adjacent to an activating group) is 1. The molecule has 1 aliphatic carbocycles. The van der Waals surface area contributed by atoms with Gasteiger partial charge in [-0.1, -0.05) is 55.1 Å². The zero-order chi connectivity index (χ0) is 27.2. The number of nitrogens with one attached hydrogen (secondary N) is 2. The Morgan fingerprint density at radius 3 is 2.18 bits per heavy atom. The Kier molecular flexibility index (Phi) is 8.97. The fourth-order valence-corrected chi connectivity index (χ4v) is 5.62. The number of nitrogens with zero attached hydrogens (tertiary/aromatic N) is 2. The third kappa shape index (κ3) is 7.27. The lowest BCUT2D eigenvalue weighted by Crippen LogP contribution is -2.43. The average Bonchev–Trinajstić information content (AvgIpc) is 2.97. The fourth-order valence-electron chi connectivity index (χ4n) is 5.40. The van der Waals surface area contributed by atoms with Crippen molar-refractivity contribution in [2.24, 2.45) is 5.92 Å². The number of hydrogen-bond donors (Lipinski definition) is 2. The van der Waals surface area contributed by atoms with Crippen LogP contribution in [0.1, 0.15) is 48.0 Å². The number of carbonyl (C=O) groups is 2. The summed E-state index contributed by atoms with van der Waals surface area (Å²) in [5.41, 5.74) is 5.03. The molecule has 204 valence electrons. The lowest BCUT2D eigenvalue weighted by molar-refractivity contribution is -0.120. The summed E-state index contributed by atoms with van der Waals surface area (Å²) in [7, 11) is 2.16. The Hall–Kier alpha value is -3.19. The van der Waals surface area contributed by atoms with E-state index in [1.807, 2.05) is 36.4 Å². The molecule has 7 heteroatoms. The van der Waals surface area contributed by atoms with Crippen molar-refractivity contribution in [2.45, 2.75) is 38.6 Å². The Bertz CT molecular complexity index is 1280. The quantitative estimate of drug-likeness (QED) is 0.355. The van der Waals surface area contributed by atoms with E-state index in [-0.39, 0.29) is 17.7 Å². The van der Waals surface area contributed by atoms with Gasteiger partial charge in [-0.05, 0) is 73.5 Å². The van der Waals surface area contributed by atoms with E-state index in [2.05, 4.69) is 39.6 Å². The monoisotopic (exact) mass is 544 g/mol. The van der Waals surface area contributed by atoms with Crippen LogP contribution in [0.25, 0.3) is 11.1 Å². The first-order valence-corrected chi connectivity index (χ1v) is 14.3. The molecule has 1 saturated heterocycles. The third-order valence-electron chi connectivity index (χ3n) is 7.88. The smallest absolute Gasteiger partial charge is 0.255 e. The number of benzene rings is 3. The van der Waals surface area contributed by atoms with Crippen molar-refractivity contribution in [3.63, 3.8) is 0 Å². The number of anilines is 2. The summed E-state index contributed by atoms with van der Waals surface area (Å²) >= 11 is 6.51. The fraction of sp³-hybridized carbons (Fsp3) is 0.375. The highest BCUT2D eigenvalue weighted by atomic mass is 35.5. The molecule has 2 aliphatic rings. The maximum atomic E-state index is 12.9. The molecule has 6 nitrogen and oxygen atoms in total. The van der Waals surface area contributed by atoms with Gasteiger partial charge in [-0.3, -0.25) is 14.5 Å². The van der Waals surface area contributed by atoms with Crippen LogP contribution in [-0.4, -0.2) is 54.8 Å². The molecule has 0 spiro atoms. The second kappa shape index (κ2) is 12.8. The normalized spacial score (nSPS) is 17.1. The van der Waals surface area contributed by atoms with Gasteiger partial charge in [0.25, 0.3) is 5.91 Å². The minimum absolute atomic E-state index is 0.0855. The molecule has 1 heterocycles. The molecule has 0 bridgehead atoms. The lowest BCUT2D eigenvalue weighted by atomic mass is 9.88. The summed E-state index contributed by atoms with van der Waals surface area (Å²) < 4.78 is 0. The van der Waals surface area contributed by atoms with Crippen molar-refractivity contribution >= 4 is 34.8 Å². The maximum absolute atomic E-state index is 12.9. The highest BCUT2D eigenvalue weighted by Crippen LogP contribution is 2.32. The van der Waals surface area contributed by atoms with Crippen molar-refractivity contribution in [1.29, 1.82) is 0 Å². The summed E-state index contributed by atoms with van der Waals surface area (Å²) in [6, 6.07) is 21.0. The van der Waals surface area contributed by atoms with Crippen LogP contribution >= 0.6 is 11.6 Å². The first-order valence-electron chi connectivity index (χ1n) is 14.0. The van der Waals surface area contributed by atoms with E-state index in [1.54, 1.807) is 18.2 Å². The Morgan fingerprint density at radius 1 is 0.821 bits per heavy atom. The van der Waals surface area contributed by atoms with Crippen LogP contribution in [0.5, 0.6) is 0 Å². The number of rotatable bonds is 7. The van der Waals surface area contributed by atoms with Crippen molar-refractivity contribution in [2.75, 3.05) is 43.9 Å². The number of hydrogen-bond acceptors (Lipinski definition) is 4. The van der Waals surface area contributed by atoms with E-state index in [1.165, 1.54) is 12.0 Å². The molecule has 2 fully saturated rings. The van der Waals surface area contributed by atoms with Gasteiger partial charge in [-0.15, -0.1) is 0 Å². The summed E-state index contributed by atoms with van der Waals surface area (Å²) in [5.74, 6) is 0.0131. The van der Waals surface area contributed by atoms with Gasteiger partial charge in [0.15, 0.2) is 0 Å².